The third kappa shape index (κ3) is 6.65. The summed E-state index contributed by atoms with van der Waals surface area (Å²) in [4.78, 5) is 4.92. The second kappa shape index (κ2) is 16.2. The summed E-state index contributed by atoms with van der Waals surface area (Å²) in [7, 11) is 0. The van der Waals surface area contributed by atoms with E-state index in [4.69, 9.17) is 0 Å². The van der Waals surface area contributed by atoms with Crippen LogP contribution in [0.25, 0.3) is 55.6 Å². The molecule has 0 aromatic heterocycles. The van der Waals surface area contributed by atoms with Crippen LogP contribution in [-0.4, -0.2) is 0 Å². The van der Waals surface area contributed by atoms with Crippen molar-refractivity contribution in [3.8, 4) is 11.1 Å². The molecule has 2 nitrogen and oxygen atoms in total. The molecule has 0 heterocycles. The van der Waals surface area contributed by atoms with Gasteiger partial charge in [0.1, 0.15) is 0 Å². The number of anilines is 6. The Hall–Kier alpha value is -6.90. The number of rotatable bonds is 9. The molecule has 0 atom stereocenters. The van der Waals surface area contributed by atoms with Gasteiger partial charge in [-0.25, -0.2) is 0 Å². The van der Waals surface area contributed by atoms with E-state index in [2.05, 4.69) is 232 Å². The molecule has 0 saturated carbocycles. The minimum atomic E-state index is 1.00. The monoisotopic (exact) mass is 762 g/mol. The number of nitrogens with zero attached hydrogens (tertiary/aromatic N) is 2. The van der Waals surface area contributed by atoms with Gasteiger partial charge in [0, 0.05) is 44.1 Å². The molecule has 0 spiro atoms. The Morgan fingerprint density at radius 1 is 0.356 bits per heavy atom. The lowest BCUT2D eigenvalue weighted by molar-refractivity contribution is 1.14. The summed E-state index contributed by atoms with van der Waals surface area (Å²) in [6.45, 7) is 11.0. The fourth-order valence-corrected chi connectivity index (χ4v) is 9.02. The molecule has 0 N–H and O–H groups in total. The Morgan fingerprint density at radius 3 is 1.15 bits per heavy atom. The zero-order chi connectivity index (χ0) is 40.5. The van der Waals surface area contributed by atoms with Gasteiger partial charge in [0.15, 0.2) is 0 Å². The van der Waals surface area contributed by atoms with Crippen molar-refractivity contribution in [2.75, 3.05) is 9.80 Å². The summed E-state index contributed by atoms with van der Waals surface area (Å²) in [5.41, 5.74) is 13.3. The van der Waals surface area contributed by atoms with Crippen molar-refractivity contribution in [3.05, 3.63) is 203 Å². The Balaban J connectivity index is 1.41. The van der Waals surface area contributed by atoms with Gasteiger partial charge in [-0.15, -0.1) is 0 Å². The fourth-order valence-electron chi connectivity index (χ4n) is 9.02. The molecule has 0 aliphatic rings. The summed E-state index contributed by atoms with van der Waals surface area (Å²) in [6.07, 6.45) is 6.65. The first-order valence-electron chi connectivity index (χ1n) is 21.1. The van der Waals surface area contributed by atoms with Gasteiger partial charge in [-0.05, 0) is 126 Å². The predicted octanol–water partition coefficient (Wildman–Crippen LogP) is 14.8. The van der Waals surface area contributed by atoms with Crippen LogP contribution in [0.15, 0.2) is 176 Å². The van der Waals surface area contributed by atoms with Gasteiger partial charge in [0.2, 0.25) is 0 Å². The number of para-hydroxylation sites is 1. The van der Waals surface area contributed by atoms with Crippen LogP contribution in [0.2, 0.25) is 0 Å². The molecule has 2 heteroatoms. The highest BCUT2D eigenvalue weighted by Crippen LogP contribution is 2.49. The maximum Gasteiger partial charge on any atom is 0.0618 e. The average molecular weight is 763 g/mol. The van der Waals surface area contributed by atoms with Crippen molar-refractivity contribution in [3.63, 3.8) is 0 Å². The van der Waals surface area contributed by atoms with Crippen LogP contribution in [0.4, 0.5) is 34.1 Å². The summed E-state index contributed by atoms with van der Waals surface area (Å²) in [5.74, 6) is 0. The van der Waals surface area contributed by atoms with Crippen LogP contribution >= 0.6 is 0 Å². The van der Waals surface area contributed by atoms with Gasteiger partial charge in [-0.2, -0.15) is 0 Å². The molecule has 0 fully saturated rings. The third-order valence-corrected chi connectivity index (χ3v) is 12.0. The molecule has 9 rings (SSSR count). The van der Waals surface area contributed by atoms with Gasteiger partial charge >= 0.3 is 0 Å². The number of aryl methyl sites for hydroxylation is 3. The topological polar surface area (TPSA) is 6.48 Å². The number of hydrogen-bond acceptors (Lipinski definition) is 2. The number of benzene rings is 9. The molecule has 9 aromatic carbocycles. The Kier molecular flexibility index (Phi) is 10.3. The first kappa shape index (κ1) is 37.7. The quantitative estimate of drug-likeness (QED) is 0.135. The van der Waals surface area contributed by atoms with Gasteiger partial charge < -0.3 is 9.80 Å². The molecular weight excluding hydrogens is 713 g/mol. The molecule has 0 saturated heterocycles. The van der Waals surface area contributed by atoms with Gasteiger partial charge in [-0.1, -0.05) is 159 Å². The minimum absolute atomic E-state index is 1.00. The first-order chi connectivity index (χ1) is 29.0. The molecule has 59 heavy (non-hydrogen) atoms. The van der Waals surface area contributed by atoms with Gasteiger partial charge in [-0.3, -0.25) is 0 Å². The first-order valence-corrected chi connectivity index (χ1v) is 21.1. The maximum atomic E-state index is 2.47. The van der Waals surface area contributed by atoms with Crippen LogP contribution < -0.4 is 20.2 Å². The van der Waals surface area contributed by atoms with Crippen LogP contribution in [0.3, 0.4) is 0 Å². The van der Waals surface area contributed by atoms with E-state index in [0.29, 0.717) is 0 Å². The van der Waals surface area contributed by atoms with Crippen molar-refractivity contribution in [2.24, 2.45) is 0 Å². The van der Waals surface area contributed by atoms with E-state index in [1.165, 1.54) is 81.9 Å². The molecule has 0 radical (unpaired) electrons. The SMILES string of the molecule is C/C=c1/c(-c2c3ccccc3c(N(c3ccccc3)c3ccc(CC)cc3)c3ccccc23)c2ccccc2c(N(c2ccc(C)cc2)c2ccc(CC)cc2)/c1=C/C. The Morgan fingerprint density at radius 2 is 0.712 bits per heavy atom. The normalized spacial score (nSPS) is 12.2. The van der Waals surface area contributed by atoms with Crippen molar-refractivity contribution in [1.29, 1.82) is 0 Å². The standard InChI is InChI=1S/C57H50N2/c1-6-40-29-35-44(36-30-40)58(42-19-11-10-12-20-42)57-52-25-17-14-22-49(52)55(50-23-15-18-26-53(50)57)54-46(8-3)47(9-4)56(51-24-16-13-21-48(51)54)59(43-33-27-39(5)28-34-43)45-37-31-41(7-2)32-38-45/h8-38H,6-7H2,1-5H3/b46-8+,47-9+. The predicted molar refractivity (Wildman–Crippen MR) is 257 cm³/mol. The highest BCUT2D eigenvalue weighted by molar-refractivity contribution is 6.25. The third-order valence-electron chi connectivity index (χ3n) is 12.0. The fraction of sp³-hybridized carbons (Fsp3) is 0.123. The lowest BCUT2D eigenvalue weighted by Gasteiger charge is -2.31. The summed E-state index contributed by atoms with van der Waals surface area (Å²) >= 11 is 0. The average Bonchev–Trinajstić information content (AvgIpc) is 3.30. The largest absolute Gasteiger partial charge is 0.309 e. The molecule has 0 aliphatic heterocycles. The molecule has 0 aliphatic carbocycles. The van der Waals surface area contributed by atoms with Gasteiger partial charge in [0.05, 0.1) is 11.4 Å². The summed E-state index contributed by atoms with van der Waals surface area (Å²) in [6, 6.07) is 65.1. The van der Waals surface area contributed by atoms with E-state index in [1.807, 2.05) is 0 Å². The van der Waals surface area contributed by atoms with E-state index in [-0.39, 0.29) is 0 Å². The van der Waals surface area contributed by atoms with E-state index in [9.17, 15) is 0 Å². The second-order valence-corrected chi connectivity index (χ2v) is 15.4. The van der Waals surface area contributed by atoms with Crippen molar-refractivity contribution in [1.82, 2.24) is 0 Å². The van der Waals surface area contributed by atoms with Crippen molar-refractivity contribution in [2.45, 2.75) is 47.5 Å². The number of fused-ring (bicyclic) bond motifs is 3. The Bertz CT molecular complexity index is 3010. The zero-order valence-corrected chi connectivity index (χ0v) is 34.7. The minimum Gasteiger partial charge on any atom is -0.309 e. The second-order valence-electron chi connectivity index (χ2n) is 15.4. The highest BCUT2D eigenvalue weighted by atomic mass is 15.2. The zero-order valence-electron chi connectivity index (χ0n) is 34.7. The molecule has 0 unspecified atom stereocenters. The van der Waals surface area contributed by atoms with E-state index >= 15 is 0 Å². The van der Waals surface area contributed by atoms with E-state index in [0.717, 1.165) is 35.6 Å². The molecule has 288 valence electrons. The summed E-state index contributed by atoms with van der Waals surface area (Å²) < 4.78 is 0. The molecule has 0 amide bonds. The highest BCUT2D eigenvalue weighted by Gasteiger charge is 2.26. The van der Waals surface area contributed by atoms with E-state index in [1.54, 1.807) is 0 Å². The smallest absolute Gasteiger partial charge is 0.0618 e. The molecule has 0 bridgehead atoms. The number of hydrogen-bond donors (Lipinski definition) is 0. The van der Waals surface area contributed by atoms with Crippen LogP contribution in [0, 0.1) is 6.92 Å². The Labute approximate surface area is 348 Å². The van der Waals surface area contributed by atoms with E-state index < -0.39 is 0 Å². The lowest BCUT2D eigenvalue weighted by Crippen LogP contribution is -2.33. The van der Waals surface area contributed by atoms with Crippen LogP contribution in [0.1, 0.15) is 44.4 Å². The van der Waals surface area contributed by atoms with Crippen LogP contribution in [0.5, 0.6) is 0 Å². The van der Waals surface area contributed by atoms with Crippen molar-refractivity contribution >= 4 is 78.6 Å². The molecule has 9 aromatic rings. The lowest BCUT2D eigenvalue weighted by atomic mass is 9.85. The summed E-state index contributed by atoms with van der Waals surface area (Å²) in [5, 5.41) is 9.73. The van der Waals surface area contributed by atoms with Crippen LogP contribution in [-0.2, 0) is 12.8 Å². The van der Waals surface area contributed by atoms with Gasteiger partial charge in [0.25, 0.3) is 0 Å². The maximum absolute atomic E-state index is 2.47. The van der Waals surface area contributed by atoms with Crippen molar-refractivity contribution < 1.29 is 0 Å². The molecular formula is C57H50N2.